The average molecular weight is 363 g/mol. The van der Waals surface area contributed by atoms with Crippen molar-refractivity contribution in [2.45, 2.75) is 51.4 Å². The highest BCUT2D eigenvalue weighted by atomic mass is 32.2. The lowest BCUT2D eigenvalue weighted by atomic mass is 9.90. The fourth-order valence-electron chi connectivity index (χ4n) is 2.98. The lowest BCUT2D eigenvalue weighted by Gasteiger charge is -2.30. The summed E-state index contributed by atoms with van der Waals surface area (Å²) in [7, 11) is -3.40. The van der Waals surface area contributed by atoms with E-state index in [0.717, 1.165) is 44.1 Å². The van der Waals surface area contributed by atoms with Gasteiger partial charge in [-0.25, -0.2) is 12.8 Å². The molecular formula is C20H26FNO2S. The Kier molecular flexibility index (Phi) is 7.67. The number of benzene rings is 1. The molecule has 1 aromatic carbocycles. The van der Waals surface area contributed by atoms with Gasteiger partial charge in [0.25, 0.3) is 0 Å². The fraction of sp³-hybridized carbons (Fsp3) is 0.500. The Hall–Kier alpha value is -1.64. The van der Waals surface area contributed by atoms with Gasteiger partial charge in [0, 0.05) is 25.6 Å². The number of hydrogen-bond acceptors (Lipinski definition) is 2. The summed E-state index contributed by atoms with van der Waals surface area (Å²) in [6, 6.07) is 6.50. The second kappa shape index (κ2) is 9.74. The van der Waals surface area contributed by atoms with Crippen LogP contribution < -0.4 is 0 Å². The van der Waals surface area contributed by atoms with Gasteiger partial charge in [0.15, 0.2) is 0 Å². The van der Waals surface area contributed by atoms with Crippen LogP contribution in [0.15, 0.2) is 35.7 Å². The van der Waals surface area contributed by atoms with Gasteiger partial charge in [-0.1, -0.05) is 43.7 Å². The number of halogens is 1. The normalized spacial score (nSPS) is 16.7. The first kappa shape index (κ1) is 19.7. The van der Waals surface area contributed by atoms with E-state index in [1.807, 2.05) is 0 Å². The molecular weight excluding hydrogens is 337 g/mol. The molecule has 0 radical (unpaired) electrons. The summed E-state index contributed by atoms with van der Waals surface area (Å²) in [5, 5.41) is 1.21. The molecule has 136 valence electrons. The van der Waals surface area contributed by atoms with E-state index in [1.165, 1.54) is 27.9 Å². The van der Waals surface area contributed by atoms with E-state index < -0.39 is 10.0 Å². The Morgan fingerprint density at radius 1 is 1.20 bits per heavy atom. The maximum atomic E-state index is 13.0. The van der Waals surface area contributed by atoms with Crippen molar-refractivity contribution >= 4 is 10.0 Å². The molecule has 25 heavy (non-hydrogen) atoms. The van der Waals surface area contributed by atoms with Crippen LogP contribution >= 0.6 is 0 Å². The molecule has 0 N–H and O–H groups in total. The lowest BCUT2D eigenvalue weighted by Crippen LogP contribution is -2.36. The zero-order chi connectivity index (χ0) is 18.1. The average Bonchev–Trinajstić information content (AvgIpc) is 2.62. The van der Waals surface area contributed by atoms with Crippen LogP contribution in [0.4, 0.5) is 4.39 Å². The molecule has 0 unspecified atom stereocenters. The number of unbranched alkanes of at least 4 members (excludes halogenated alkanes) is 3. The summed E-state index contributed by atoms with van der Waals surface area (Å²) in [6.45, 7) is 3.11. The van der Waals surface area contributed by atoms with Gasteiger partial charge in [0.1, 0.15) is 5.82 Å². The fourth-order valence-corrected chi connectivity index (χ4v) is 4.11. The first-order chi connectivity index (χ1) is 12.0. The minimum absolute atomic E-state index is 0.246. The topological polar surface area (TPSA) is 37.4 Å². The van der Waals surface area contributed by atoms with Gasteiger partial charge < -0.3 is 0 Å². The largest absolute Gasteiger partial charge is 0.236 e. The summed E-state index contributed by atoms with van der Waals surface area (Å²) in [6.07, 6.45) is 7.11. The van der Waals surface area contributed by atoms with Gasteiger partial charge in [0.2, 0.25) is 10.0 Å². The molecule has 1 saturated heterocycles. The summed E-state index contributed by atoms with van der Waals surface area (Å²) >= 11 is 0. The minimum Gasteiger partial charge on any atom is -0.207 e. The quantitative estimate of drug-likeness (QED) is 0.554. The molecule has 0 aliphatic carbocycles. The third-order valence-electron chi connectivity index (χ3n) is 4.49. The monoisotopic (exact) mass is 363 g/mol. The standard InChI is InChI=1S/C20H26FNO2S/c1-2-3-4-5-6-7-8-17-25(23,24)22-15-13-19(14-16-22)18-9-11-20(21)12-10-18/h8-12,17,19H,2-5,13-16H2,1H3/b17-8+. The van der Waals surface area contributed by atoms with Crippen molar-refractivity contribution in [2.75, 3.05) is 13.1 Å². The Labute approximate surface area is 151 Å². The highest BCUT2D eigenvalue weighted by molar-refractivity contribution is 7.92. The Morgan fingerprint density at radius 3 is 2.52 bits per heavy atom. The van der Waals surface area contributed by atoms with Crippen molar-refractivity contribution in [1.82, 2.24) is 4.31 Å². The van der Waals surface area contributed by atoms with Gasteiger partial charge in [-0.3, -0.25) is 0 Å². The second-order valence-corrected chi connectivity index (χ2v) is 8.17. The molecule has 0 bridgehead atoms. The highest BCUT2D eigenvalue weighted by Crippen LogP contribution is 2.29. The molecule has 0 aromatic heterocycles. The number of hydrogen-bond donors (Lipinski definition) is 0. The van der Waals surface area contributed by atoms with E-state index in [1.54, 1.807) is 12.1 Å². The van der Waals surface area contributed by atoms with E-state index in [2.05, 4.69) is 18.8 Å². The highest BCUT2D eigenvalue weighted by Gasteiger charge is 2.26. The third kappa shape index (κ3) is 6.30. The molecule has 3 nitrogen and oxygen atoms in total. The number of piperidine rings is 1. The molecule has 0 saturated carbocycles. The zero-order valence-corrected chi connectivity index (χ0v) is 15.6. The Balaban J connectivity index is 1.85. The summed E-state index contributed by atoms with van der Waals surface area (Å²) in [5.41, 5.74) is 1.08. The van der Waals surface area contributed by atoms with E-state index in [4.69, 9.17) is 0 Å². The van der Waals surface area contributed by atoms with Crippen molar-refractivity contribution < 1.29 is 12.8 Å². The Morgan fingerprint density at radius 2 is 1.88 bits per heavy atom. The van der Waals surface area contributed by atoms with E-state index in [0.29, 0.717) is 13.1 Å². The molecule has 0 atom stereocenters. The van der Waals surface area contributed by atoms with Crippen LogP contribution in [0, 0.1) is 17.7 Å². The van der Waals surface area contributed by atoms with Gasteiger partial charge in [-0.2, -0.15) is 4.31 Å². The van der Waals surface area contributed by atoms with Crippen molar-refractivity contribution in [1.29, 1.82) is 0 Å². The molecule has 1 heterocycles. The first-order valence-electron chi connectivity index (χ1n) is 8.93. The maximum Gasteiger partial charge on any atom is 0.236 e. The molecule has 0 amide bonds. The van der Waals surface area contributed by atoms with Gasteiger partial charge in [-0.15, -0.1) is 0 Å². The van der Waals surface area contributed by atoms with Crippen molar-refractivity contribution in [3.8, 4) is 11.8 Å². The lowest BCUT2D eigenvalue weighted by molar-refractivity contribution is 0.322. The van der Waals surface area contributed by atoms with Crippen LogP contribution in [-0.4, -0.2) is 25.8 Å². The summed E-state index contributed by atoms with van der Waals surface area (Å²) in [4.78, 5) is 0. The third-order valence-corrected chi connectivity index (χ3v) is 6.05. The van der Waals surface area contributed by atoms with E-state index in [9.17, 15) is 12.8 Å². The second-order valence-electron chi connectivity index (χ2n) is 6.35. The number of sulfonamides is 1. The molecule has 1 aromatic rings. The van der Waals surface area contributed by atoms with Gasteiger partial charge in [-0.05, 0) is 42.9 Å². The van der Waals surface area contributed by atoms with Gasteiger partial charge in [0.05, 0.1) is 5.41 Å². The molecule has 0 spiro atoms. The van der Waals surface area contributed by atoms with Crippen LogP contribution in [-0.2, 0) is 10.0 Å². The predicted molar refractivity (Wildman–Crippen MR) is 99.9 cm³/mol. The zero-order valence-electron chi connectivity index (χ0n) is 14.7. The van der Waals surface area contributed by atoms with E-state index >= 15 is 0 Å². The molecule has 1 aliphatic heterocycles. The molecule has 2 rings (SSSR count). The number of nitrogens with zero attached hydrogens (tertiary/aromatic N) is 1. The van der Waals surface area contributed by atoms with Crippen LogP contribution in [0.25, 0.3) is 0 Å². The summed E-state index contributed by atoms with van der Waals surface area (Å²) in [5.74, 6) is 5.83. The SMILES string of the molecule is CCCCCC#C/C=C/S(=O)(=O)N1CCC(c2ccc(F)cc2)CC1. The van der Waals surface area contributed by atoms with E-state index in [-0.39, 0.29) is 11.7 Å². The molecule has 1 fully saturated rings. The molecule has 1 aliphatic rings. The maximum absolute atomic E-state index is 13.0. The van der Waals surface area contributed by atoms with Gasteiger partial charge >= 0.3 is 0 Å². The molecule has 5 heteroatoms. The number of rotatable bonds is 6. The smallest absolute Gasteiger partial charge is 0.207 e. The van der Waals surface area contributed by atoms with Crippen LogP contribution in [0.3, 0.4) is 0 Å². The Bertz CT molecular complexity index is 721. The van der Waals surface area contributed by atoms with Crippen molar-refractivity contribution in [3.63, 3.8) is 0 Å². The minimum atomic E-state index is -3.40. The number of allylic oxidation sites excluding steroid dienone is 1. The van der Waals surface area contributed by atoms with Crippen LogP contribution in [0.2, 0.25) is 0 Å². The van der Waals surface area contributed by atoms with Crippen LogP contribution in [0.1, 0.15) is 56.9 Å². The summed E-state index contributed by atoms with van der Waals surface area (Å²) < 4.78 is 39.2. The van der Waals surface area contributed by atoms with Crippen molar-refractivity contribution in [3.05, 3.63) is 47.1 Å². The van der Waals surface area contributed by atoms with Crippen LogP contribution in [0.5, 0.6) is 0 Å². The predicted octanol–water partition coefficient (Wildman–Crippen LogP) is 4.43. The first-order valence-corrected chi connectivity index (χ1v) is 10.4. The van der Waals surface area contributed by atoms with Crippen molar-refractivity contribution in [2.24, 2.45) is 0 Å².